The van der Waals surface area contributed by atoms with Crippen LogP contribution in [0.25, 0.3) is 0 Å². The van der Waals surface area contributed by atoms with E-state index in [0.717, 1.165) is 22.1 Å². The van der Waals surface area contributed by atoms with E-state index >= 15 is 0 Å². The Morgan fingerprint density at radius 1 is 1.44 bits per heavy atom. The third-order valence-corrected chi connectivity index (χ3v) is 3.98. The minimum Gasteiger partial charge on any atom is -0.389 e. The molecule has 18 heavy (non-hydrogen) atoms. The number of anilines is 1. The van der Waals surface area contributed by atoms with Gasteiger partial charge in [0.05, 0.1) is 0 Å². The molecule has 2 nitrogen and oxygen atoms in total. The smallest absolute Gasteiger partial charge is 0.107 e. The number of nitrogens with one attached hydrogen (secondary N) is 1. The highest BCUT2D eigenvalue weighted by atomic mass is 79.9. The van der Waals surface area contributed by atoms with E-state index in [9.17, 15) is 0 Å². The number of thiocarbonyl (C=S) groups is 1. The van der Waals surface area contributed by atoms with Gasteiger partial charge in [-0.25, -0.2) is 0 Å². The highest BCUT2D eigenvalue weighted by Gasteiger charge is 2.12. The van der Waals surface area contributed by atoms with Crippen LogP contribution in [-0.4, -0.2) is 11.0 Å². The lowest BCUT2D eigenvalue weighted by Gasteiger charge is -2.21. The van der Waals surface area contributed by atoms with Gasteiger partial charge in [-0.3, -0.25) is 0 Å². The average molecular weight is 329 g/mol. The Hall–Kier alpha value is -0.610. The summed E-state index contributed by atoms with van der Waals surface area (Å²) in [6.45, 7) is 6.68. The van der Waals surface area contributed by atoms with E-state index in [1.165, 1.54) is 6.42 Å². The molecule has 0 aliphatic heterocycles. The molecule has 2 unspecified atom stereocenters. The second kappa shape index (κ2) is 7.10. The Labute approximate surface area is 123 Å². The van der Waals surface area contributed by atoms with Gasteiger partial charge in [0.1, 0.15) is 4.99 Å². The standard InChI is InChI=1S/C14H21BrN2S/c1-4-9(2)8-10(3)17-12-7-5-6-11(15)13(12)14(16)18/h5-7,9-10,17H,4,8H2,1-3H3,(H2,16,18). The molecule has 0 heterocycles. The maximum Gasteiger partial charge on any atom is 0.107 e. The Kier molecular flexibility index (Phi) is 6.09. The summed E-state index contributed by atoms with van der Waals surface area (Å²) < 4.78 is 0.940. The number of hydrogen-bond donors (Lipinski definition) is 2. The molecule has 0 aliphatic rings. The summed E-state index contributed by atoms with van der Waals surface area (Å²) >= 11 is 8.60. The zero-order chi connectivity index (χ0) is 13.7. The van der Waals surface area contributed by atoms with E-state index < -0.39 is 0 Å². The molecule has 0 amide bonds. The molecule has 2 atom stereocenters. The Morgan fingerprint density at radius 3 is 2.67 bits per heavy atom. The minimum atomic E-state index is 0.405. The van der Waals surface area contributed by atoms with Gasteiger partial charge in [-0.05, 0) is 47.3 Å². The van der Waals surface area contributed by atoms with Gasteiger partial charge in [0.15, 0.2) is 0 Å². The van der Waals surface area contributed by atoms with Crippen molar-refractivity contribution >= 4 is 38.8 Å². The van der Waals surface area contributed by atoms with E-state index in [0.29, 0.717) is 16.9 Å². The van der Waals surface area contributed by atoms with Gasteiger partial charge in [0.2, 0.25) is 0 Å². The lowest BCUT2D eigenvalue weighted by Crippen LogP contribution is -2.21. The van der Waals surface area contributed by atoms with Crippen LogP contribution in [0.2, 0.25) is 0 Å². The van der Waals surface area contributed by atoms with Crippen LogP contribution in [0.5, 0.6) is 0 Å². The number of nitrogens with two attached hydrogens (primary N) is 1. The molecule has 0 aromatic heterocycles. The predicted molar refractivity (Wildman–Crippen MR) is 87.2 cm³/mol. The molecule has 1 aromatic rings. The first kappa shape index (κ1) is 15.4. The number of hydrogen-bond acceptors (Lipinski definition) is 2. The summed E-state index contributed by atoms with van der Waals surface area (Å²) in [5.74, 6) is 0.716. The van der Waals surface area contributed by atoms with Gasteiger partial charge < -0.3 is 11.1 Å². The van der Waals surface area contributed by atoms with Gasteiger partial charge in [0.25, 0.3) is 0 Å². The van der Waals surface area contributed by atoms with Gasteiger partial charge in [0, 0.05) is 21.8 Å². The van der Waals surface area contributed by atoms with Crippen LogP contribution in [-0.2, 0) is 0 Å². The summed E-state index contributed by atoms with van der Waals surface area (Å²) in [6.07, 6.45) is 2.34. The molecule has 100 valence electrons. The van der Waals surface area contributed by atoms with Crippen molar-refractivity contribution in [3.8, 4) is 0 Å². The predicted octanol–water partition coefficient (Wildman–Crippen LogP) is 4.32. The maximum atomic E-state index is 5.78. The first-order valence-corrected chi connectivity index (χ1v) is 7.50. The molecular formula is C14H21BrN2S. The first-order chi connectivity index (χ1) is 8.45. The fourth-order valence-corrected chi connectivity index (χ4v) is 2.92. The lowest BCUT2D eigenvalue weighted by molar-refractivity contribution is 0.484. The van der Waals surface area contributed by atoms with Crippen molar-refractivity contribution in [2.45, 2.75) is 39.7 Å². The fraction of sp³-hybridized carbons (Fsp3) is 0.500. The van der Waals surface area contributed by atoms with Crippen LogP contribution in [0.15, 0.2) is 22.7 Å². The van der Waals surface area contributed by atoms with Crippen LogP contribution < -0.4 is 11.1 Å². The van der Waals surface area contributed by atoms with Crippen molar-refractivity contribution in [3.05, 3.63) is 28.2 Å². The highest BCUT2D eigenvalue weighted by Crippen LogP contribution is 2.26. The third kappa shape index (κ3) is 4.25. The SMILES string of the molecule is CCC(C)CC(C)Nc1cccc(Br)c1C(N)=S. The summed E-state index contributed by atoms with van der Waals surface area (Å²) in [7, 11) is 0. The third-order valence-electron chi connectivity index (χ3n) is 3.11. The van der Waals surface area contributed by atoms with Crippen LogP contribution in [0, 0.1) is 5.92 Å². The molecule has 0 fully saturated rings. The lowest BCUT2D eigenvalue weighted by atomic mass is 10.00. The zero-order valence-electron chi connectivity index (χ0n) is 11.2. The topological polar surface area (TPSA) is 38.0 Å². The minimum absolute atomic E-state index is 0.405. The maximum absolute atomic E-state index is 5.78. The van der Waals surface area contributed by atoms with E-state index in [-0.39, 0.29) is 0 Å². The van der Waals surface area contributed by atoms with Gasteiger partial charge in [-0.1, -0.05) is 38.6 Å². The molecule has 0 bridgehead atoms. The second-order valence-electron chi connectivity index (χ2n) is 4.82. The Balaban J connectivity index is 2.84. The van der Waals surface area contributed by atoms with Gasteiger partial charge in [-0.15, -0.1) is 0 Å². The molecule has 1 aromatic carbocycles. The summed E-state index contributed by atoms with van der Waals surface area (Å²) in [6, 6.07) is 6.37. The summed E-state index contributed by atoms with van der Waals surface area (Å²) in [5, 5.41) is 3.50. The van der Waals surface area contributed by atoms with E-state index in [4.69, 9.17) is 18.0 Å². The molecule has 0 aliphatic carbocycles. The Bertz CT molecular complexity index is 420. The summed E-state index contributed by atoms with van der Waals surface area (Å²) in [4.78, 5) is 0.417. The van der Waals surface area contributed by atoms with Crippen molar-refractivity contribution in [3.63, 3.8) is 0 Å². The Morgan fingerprint density at radius 2 is 2.11 bits per heavy atom. The number of halogens is 1. The molecule has 0 saturated carbocycles. The van der Waals surface area contributed by atoms with Crippen molar-refractivity contribution in [2.75, 3.05) is 5.32 Å². The quantitative estimate of drug-likeness (QED) is 0.764. The molecule has 3 N–H and O–H groups in total. The average Bonchev–Trinajstić information content (AvgIpc) is 2.28. The summed E-state index contributed by atoms with van der Waals surface area (Å²) in [5.41, 5.74) is 7.68. The number of benzene rings is 1. The van der Waals surface area contributed by atoms with Crippen molar-refractivity contribution in [1.82, 2.24) is 0 Å². The van der Waals surface area contributed by atoms with Crippen LogP contribution >= 0.6 is 28.1 Å². The molecule has 4 heteroatoms. The number of rotatable bonds is 6. The van der Waals surface area contributed by atoms with Crippen LogP contribution in [0.4, 0.5) is 5.69 Å². The largest absolute Gasteiger partial charge is 0.389 e. The van der Waals surface area contributed by atoms with Gasteiger partial charge >= 0.3 is 0 Å². The van der Waals surface area contributed by atoms with Crippen LogP contribution in [0.1, 0.15) is 39.2 Å². The monoisotopic (exact) mass is 328 g/mol. The molecular weight excluding hydrogens is 308 g/mol. The zero-order valence-corrected chi connectivity index (χ0v) is 13.6. The van der Waals surface area contributed by atoms with Crippen molar-refractivity contribution in [2.24, 2.45) is 11.7 Å². The molecule has 0 radical (unpaired) electrons. The van der Waals surface area contributed by atoms with E-state index in [1.807, 2.05) is 18.2 Å². The molecule has 0 spiro atoms. The normalized spacial score (nSPS) is 14.0. The van der Waals surface area contributed by atoms with Crippen molar-refractivity contribution < 1.29 is 0 Å². The fourth-order valence-electron chi connectivity index (χ4n) is 1.99. The van der Waals surface area contributed by atoms with Crippen molar-refractivity contribution in [1.29, 1.82) is 0 Å². The van der Waals surface area contributed by atoms with Gasteiger partial charge in [-0.2, -0.15) is 0 Å². The highest BCUT2D eigenvalue weighted by molar-refractivity contribution is 9.10. The van der Waals surface area contributed by atoms with E-state index in [1.54, 1.807) is 0 Å². The second-order valence-corrected chi connectivity index (χ2v) is 6.12. The van der Waals surface area contributed by atoms with E-state index in [2.05, 4.69) is 42.0 Å². The molecule has 1 rings (SSSR count). The molecule has 0 saturated heterocycles. The first-order valence-electron chi connectivity index (χ1n) is 6.30. The van der Waals surface area contributed by atoms with Crippen LogP contribution in [0.3, 0.4) is 0 Å².